The Hall–Kier alpha value is -0.870. The maximum atomic E-state index is 10.3. The molecule has 3 N–H and O–H groups in total. The minimum atomic E-state index is -1.58. The Labute approximate surface area is 135 Å². The lowest BCUT2D eigenvalue weighted by molar-refractivity contribution is -0.163. The molecule has 0 aliphatic rings. The van der Waals surface area contributed by atoms with Gasteiger partial charge in [-0.15, -0.1) is 0 Å². The van der Waals surface area contributed by atoms with Gasteiger partial charge in [-0.25, -0.2) is 0 Å². The minimum absolute atomic E-state index is 0.251. The van der Waals surface area contributed by atoms with Gasteiger partial charge >= 0.3 is 5.97 Å². The first-order valence-electron chi connectivity index (χ1n) is 8.79. The number of allylic oxidation sites excluding steroid dienone is 1. The highest BCUT2D eigenvalue weighted by Crippen LogP contribution is 2.18. The van der Waals surface area contributed by atoms with Crippen molar-refractivity contribution in [2.45, 2.75) is 96.2 Å². The summed E-state index contributed by atoms with van der Waals surface area (Å²) in [6.07, 6.45) is 15.0. The molecule has 0 radical (unpaired) electrons. The fourth-order valence-electron chi connectivity index (χ4n) is 2.40. The van der Waals surface area contributed by atoms with Crippen LogP contribution in [0.15, 0.2) is 12.2 Å². The van der Waals surface area contributed by atoms with Gasteiger partial charge in [-0.05, 0) is 25.7 Å². The van der Waals surface area contributed by atoms with Gasteiger partial charge in [-0.3, -0.25) is 4.79 Å². The van der Waals surface area contributed by atoms with E-state index in [2.05, 4.69) is 6.92 Å². The molecule has 0 saturated carbocycles. The molecule has 0 unspecified atom stereocenters. The maximum Gasteiger partial charge on any atom is 0.303 e. The van der Waals surface area contributed by atoms with E-state index in [1.807, 2.05) is 12.2 Å². The van der Waals surface area contributed by atoms with Crippen LogP contribution in [0.3, 0.4) is 0 Å². The van der Waals surface area contributed by atoms with Crippen LogP contribution < -0.4 is 0 Å². The van der Waals surface area contributed by atoms with Crippen molar-refractivity contribution in [2.75, 3.05) is 0 Å². The van der Waals surface area contributed by atoms with E-state index < -0.39 is 11.8 Å². The van der Waals surface area contributed by atoms with Crippen molar-refractivity contribution in [3.63, 3.8) is 0 Å². The SMILES string of the molecule is CCCCCC=CCC(O)(O)CCCCCCCCC(=O)O. The Balaban J connectivity index is 3.49. The molecule has 0 atom stereocenters. The van der Waals surface area contributed by atoms with E-state index in [1.165, 1.54) is 19.3 Å². The summed E-state index contributed by atoms with van der Waals surface area (Å²) >= 11 is 0. The average Bonchev–Trinajstić information content (AvgIpc) is 2.45. The molecular formula is C18H34O4. The third-order valence-corrected chi connectivity index (χ3v) is 3.80. The molecule has 130 valence electrons. The number of aliphatic carboxylic acids is 1. The monoisotopic (exact) mass is 314 g/mol. The van der Waals surface area contributed by atoms with Crippen molar-refractivity contribution in [3.8, 4) is 0 Å². The van der Waals surface area contributed by atoms with E-state index in [4.69, 9.17) is 5.11 Å². The predicted octanol–water partition coefficient (Wildman–Crippen LogP) is 4.40. The zero-order valence-electron chi connectivity index (χ0n) is 14.1. The van der Waals surface area contributed by atoms with Crippen LogP contribution in [0.5, 0.6) is 0 Å². The molecule has 0 heterocycles. The number of carboxylic acids is 1. The van der Waals surface area contributed by atoms with Gasteiger partial charge in [0.15, 0.2) is 5.79 Å². The Kier molecular flexibility index (Phi) is 13.2. The van der Waals surface area contributed by atoms with Crippen molar-refractivity contribution < 1.29 is 20.1 Å². The first-order valence-corrected chi connectivity index (χ1v) is 8.79. The largest absolute Gasteiger partial charge is 0.481 e. The topological polar surface area (TPSA) is 77.8 Å². The molecule has 0 fully saturated rings. The Morgan fingerprint density at radius 1 is 0.909 bits per heavy atom. The summed E-state index contributed by atoms with van der Waals surface area (Å²) in [5, 5.41) is 28.2. The molecule has 0 aliphatic heterocycles. The molecular weight excluding hydrogens is 280 g/mol. The second-order valence-electron chi connectivity index (χ2n) is 6.17. The van der Waals surface area contributed by atoms with Gasteiger partial charge in [-0.2, -0.15) is 0 Å². The first kappa shape index (κ1) is 21.1. The minimum Gasteiger partial charge on any atom is -0.481 e. The Morgan fingerprint density at radius 3 is 2.18 bits per heavy atom. The summed E-state index contributed by atoms with van der Waals surface area (Å²) in [6, 6.07) is 0. The van der Waals surface area contributed by atoms with Crippen molar-refractivity contribution in [1.82, 2.24) is 0 Å². The number of rotatable bonds is 15. The number of hydrogen-bond donors (Lipinski definition) is 3. The van der Waals surface area contributed by atoms with Crippen LogP contribution in [0.4, 0.5) is 0 Å². The summed E-state index contributed by atoms with van der Waals surface area (Å²) in [4.78, 5) is 10.3. The molecule has 4 heteroatoms. The summed E-state index contributed by atoms with van der Waals surface area (Å²) in [5.41, 5.74) is 0. The fraction of sp³-hybridized carbons (Fsp3) is 0.833. The predicted molar refractivity (Wildman–Crippen MR) is 89.6 cm³/mol. The lowest BCUT2D eigenvalue weighted by Crippen LogP contribution is -2.26. The van der Waals surface area contributed by atoms with E-state index in [0.29, 0.717) is 12.8 Å². The van der Waals surface area contributed by atoms with Gasteiger partial charge in [-0.1, -0.05) is 57.6 Å². The van der Waals surface area contributed by atoms with Crippen LogP contribution in [0.1, 0.15) is 90.4 Å². The molecule has 0 aromatic carbocycles. The number of aliphatic hydroxyl groups is 2. The standard InChI is InChI=1S/C18H34O4/c1-2-3-4-5-9-12-15-18(21,22)16-13-10-7-6-8-11-14-17(19)20/h9,12,21-22H,2-8,10-11,13-16H2,1H3,(H,19,20). The second kappa shape index (κ2) is 13.8. The van der Waals surface area contributed by atoms with Gasteiger partial charge in [0.25, 0.3) is 0 Å². The summed E-state index contributed by atoms with van der Waals surface area (Å²) in [5.74, 6) is -2.31. The van der Waals surface area contributed by atoms with E-state index in [-0.39, 0.29) is 6.42 Å². The molecule has 0 bridgehead atoms. The van der Waals surface area contributed by atoms with Gasteiger partial charge in [0, 0.05) is 19.3 Å². The van der Waals surface area contributed by atoms with E-state index in [9.17, 15) is 15.0 Å². The van der Waals surface area contributed by atoms with Crippen molar-refractivity contribution in [1.29, 1.82) is 0 Å². The Morgan fingerprint density at radius 2 is 1.55 bits per heavy atom. The highest BCUT2D eigenvalue weighted by molar-refractivity contribution is 5.66. The van der Waals surface area contributed by atoms with Crippen LogP contribution in [0.2, 0.25) is 0 Å². The van der Waals surface area contributed by atoms with Crippen molar-refractivity contribution >= 4 is 5.97 Å². The normalized spacial score (nSPS) is 12.1. The van der Waals surface area contributed by atoms with Gasteiger partial charge in [0.05, 0.1) is 0 Å². The van der Waals surface area contributed by atoms with Gasteiger partial charge in [0.1, 0.15) is 0 Å². The molecule has 0 aliphatic carbocycles. The van der Waals surface area contributed by atoms with Crippen LogP contribution >= 0.6 is 0 Å². The van der Waals surface area contributed by atoms with Crippen molar-refractivity contribution in [3.05, 3.63) is 12.2 Å². The third kappa shape index (κ3) is 15.5. The lowest BCUT2D eigenvalue weighted by Gasteiger charge is -2.19. The zero-order valence-corrected chi connectivity index (χ0v) is 14.1. The maximum absolute atomic E-state index is 10.3. The molecule has 0 aromatic rings. The van der Waals surface area contributed by atoms with Crippen molar-refractivity contribution in [2.24, 2.45) is 0 Å². The molecule has 22 heavy (non-hydrogen) atoms. The van der Waals surface area contributed by atoms with E-state index in [1.54, 1.807) is 0 Å². The summed E-state index contributed by atoms with van der Waals surface area (Å²) in [7, 11) is 0. The quantitative estimate of drug-likeness (QED) is 0.238. The van der Waals surface area contributed by atoms with E-state index >= 15 is 0 Å². The summed E-state index contributed by atoms with van der Waals surface area (Å²) in [6.45, 7) is 2.17. The average molecular weight is 314 g/mol. The first-order chi connectivity index (χ1) is 10.5. The van der Waals surface area contributed by atoms with E-state index in [0.717, 1.165) is 44.9 Å². The van der Waals surface area contributed by atoms with Crippen LogP contribution in [-0.4, -0.2) is 27.1 Å². The Bertz CT molecular complexity index is 297. The molecule has 0 saturated heterocycles. The van der Waals surface area contributed by atoms with Gasteiger partial charge < -0.3 is 15.3 Å². The van der Waals surface area contributed by atoms with Crippen LogP contribution in [0.25, 0.3) is 0 Å². The second-order valence-corrected chi connectivity index (χ2v) is 6.17. The number of carboxylic acid groups (broad SMARTS) is 1. The molecule has 0 aromatic heterocycles. The fourth-order valence-corrected chi connectivity index (χ4v) is 2.40. The van der Waals surface area contributed by atoms with Crippen LogP contribution in [0, 0.1) is 0 Å². The molecule has 0 rings (SSSR count). The molecule has 0 amide bonds. The molecule has 4 nitrogen and oxygen atoms in total. The summed E-state index contributed by atoms with van der Waals surface area (Å²) < 4.78 is 0. The van der Waals surface area contributed by atoms with Gasteiger partial charge in [0.2, 0.25) is 0 Å². The zero-order chi connectivity index (χ0) is 16.7. The third-order valence-electron chi connectivity index (χ3n) is 3.80. The lowest BCUT2D eigenvalue weighted by atomic mass is 10.0. The van der Waals surface area contributed by atoms with Crippen LogP contribution in [-0.2, 0) is 4.79 Å². The number of unbranched alkanes of at least 4 members (excludes halogenated alkanes) is 8. The number of hydrogen-bond acceptors (Lipinski definition) is 3. The highest BCUT2D eigenvalue weighted by atomic mass is 16.5. The molecule has 0 spiro atoms. The number of carbonyl (C=O) groups is 1. The highest BCUT2D eigenvalue weighted by Gasteiger charge is 2.19. The smallest absolute Gasteiger partial charge is 0.303 e.